The summed E-state index contributed by atoms with van der Waals surface area (Å²) in [5, 5.41) is 0. The topological polar surface area (TPSA) is 3.24 Å². The molecule has 0 spiro atoms. The maximum absolute atomic E-state index is 2.41. The molecule has 0 saturated heterocycles. The fourth-order valence-electron chi connectivity index (χ4n) is 8.58. The van der Waals surface area contributed by atoms with Crippen LogP contribution in [0, 0.1) is 0 Å². The molecule has 2 aliphatic rings. The maximum Gasteiger partial charge on any atom is 0.0540 e. The zero-order valence-electron chi connectivity index (χ0n) is 28.5. The Hall–Kier alpha value is -5.66. The van der Waals surface area contributed by atoms with Crippen LogP contribution in [0.15, 0.2) is 164 Å². The van der Waals surface area contributed by atoms with Crippen molar-refractivity contribution in [1.82, 2.24) is 0 Å². The first-order valence-corrected chi connectivity index (χ1v) is 17.4. The van der Waals surface area contributed by atoms with E-state index in [9.17, 15) is 0 Å². The molecule has 9 rings (SSSR count). The molecule has 1 nitrogen and oxygen atoms in total. The van der Waals surface area contributed by atoms with Gasteiger partial charge in [0, 0.05) is 27.8 Å². The average Bonchev–Trinajstić information content (AvgIpc) is 3.52. The van der Waals surface area contributed by atoms with Crippen molar-refractivity contribution in [3.8, 4) is 44.5 Å². The van der Waals surface area contributed by atoms with Gasteiger partial charge in [-0.15, -0.1) is 0 Å². The molecule has 0 N–H and O–H groups in total. The van der Waals surface area contributed by atoms with E-state index in [4.69, 9.17) is 0 Å². The summed E-state index contributed by atoms with van der Waals surface area (Å²) in [7, 11) is 0. The molecule has 0 fully saturated rings. The van der Waals surface area contributed by atoms with Crippen LogP contribution in [-0.2, 0) is 10.8 Å². The summed E-state index contributed by atoms with van der Waals surface area (Å²) in [4.78, 5) is 2.41. The summed E-state index contributed by atoms with van der Waals surface area (Å²) in [5.74, 6) is 0. The van der Waals surface area contributed by atoms with Crippen molar-refractivity contribution in [2.45, 2.75) is 38.5 Å². The lowest BCUT2D eigenvalue weighted by Gasteiger charge is -2.29. The molecule has 7 aromatic carbocycles. The lowest BCUT2D eigenvalue weighted by molar-refractivity contribution is 0.660. The number of rotatable bonds is 5. The van der Waals surface area contributed by atoms with E-state index in [1.165, 1.54) is 66.8 Å². The molecule has 0 bridgehead atoms. The highest BCUT2D eigenvalue weighted by Gasteiger charge is 2.37. The Labute approximate surface area is 290 Å². The molecule has 0 radical (unpaired) electrons. The Morgan fingerprint density at radius 2 is 0.857 bits per heavy atom. The Morgan fingerprint density at radius 3 is 1.61 bits per heavy atom. The van der Waals surface area contributed by atoms with Crippen molar-refractivity contribution in [3.63, 3.8) is 0 Å². The van der Waals surface area contributed by atoms with Crippen molar-refractivity contribution in [3.05, 3.63) is 186 Å². The third-order valence-corrected chi connectivity index (χ3v) is 11.1. The smallest absolute Gasteiger partial charge is 0.0540 e. The molecule has 1 heteroatoms. The van der Waals surface area contributed by atoms with Gasteiger partial charge in [-0.05, 0) is 97.6 Å². The number of para-hydroxylation sites is 2. The van der Waals surface area contributed by atoms with E-state index in [1.807, 2.05) is 0 Å². The number of fused-ring (bicyclic) bond motifs is 6. The summed E-state index contributed by atoms with van der Waals surface area (Å²) in [5.41, 5.74) is 19.3. The predicted molar refractivity (Wildman–Crippen MR) is 207 cm³/mol. The summed E-state index contributed by atoms with van der Waals surface area (Å²) in [6.07, 6.45) is 0. The van der Waals surface area contributed by atoms with E-state index < -0.39 is 0 Å². The summed E-state index contributed by atoms with van der Waals surface area (Å²) in [6, 6.07) is 60.4. The van der Waals surface area contributed by atoms with Crippen molar-refractivity contribution >= 4 is 17.1 Å². The van der Waals surface area contributed by atoms with Gasteiger partial charge in [0.05, 0.1) is 5.69 Å². The number of hydrogen-bond donors (Lipinski definition) is 0. The van der Waals surface area contributed by atoms with Gasteiger partial charge >= 0.3 is 0 Å². The average molecular weight is 630 g/mol. The third kappa shape index (κ3) is 4.46. The van der Waals surface area contributed by atoms with Gasteiger partial charge in [0.2, 0.25) is 0 Å². The van der Waals surface area contributed by atoms with Gasteiger partial charge in [-0.3, -0.25) is 0 Å². The molecule has 7 aromatic rings. The van der Waals surface area contributed by atoms with Crippen LogP contribution in [0.25, 0.3) is 44.5 Å². The van der Waals surface area contributed by atoms with Gasteiger partial charge in [-0.25, -0.2) is 0 Å². The predicted octanol–water partition coefficient (Wildman–Crippen LogP) is 13.1. The minimum atomic E-state index is -0.0543. The second-order valence-corrected chi connectivity index (χ2v) is 14.6. The van der Waals surface area contributed by atoms with E-state index >= 15 is 0 Å². The van der Waals surface area contributed by atoms with Crippen LogP contribution in [0.1, 0.15) is 49.9 Å². The molecular formula is C48H39N. The summed E-state index contributed by atoms with van der Waals surface area (Å²) in [6.45, 7) is 9.38. The Balaban J connectivity index is 1.17. The van der Waals surface area contributed by atoms with Crippen LogP contribution in [0.4, 0.5) is 17.1 Å². The first kappa shape index (κ1) is 29.5. The quantitative estimate of drug-likeness (QED) is 0.183. The third-order valence-electron chi connectivity index (χ3n) is 11.1. The van der Waals surface area contributed by atoms with Crippen LogP contribution in [0.2, 0.25) is 0 Å². The second-order valence-electron chi connectivity index (χ2n) is 14.6. The number of benzene rings is 7. The van der Waals surface area contributed by atoms with E-state index in [0.29, 0.717) is 0 Å². The molecular weight excluding hydrogens is 591 g/mol. The first-order valence-electron chi connectivity index (χ1n) is 17.4. The SMILES string of the molecule is CC1(C)c2ccccc2-c2cc(-c3ccc(N(c4ccccc4)c4ccccc4-c4cccc5c4-c4ccccc4C5(C)C)cc3)ccc21. The minimum Gasteiger partial charge on any atom is -0.310 e. The molecule has 0 heterocycles. The molecule has 0 amide bonds. The van der Waals surface area contributed by atoms with E-state index in [-0.39, 0.29) is 10.8 Å². The van der Waals surface area contributed by atoms with E-state index in [2.05, 4.69) is 196 Å². The van der Waals surface area contributed by atoms with Gasteiger partial charge in [-0.2, -0.15) is 0 Å². The van der Waals surface area contributed by atoms with Crippen LogP contribution in [0.3, 0.4) is 0 Å². The second kappa shape index (κ2) is 10.9. The number of nitrogens with zero attached hydrogens (tertiary/aromatic N) is 1. The number of hydrogen-bond acceptors (Lipinski definition) is 1. The highest BCUT2D eigenvalue weighted by Crippen LogP contribution is 2.54. The highest BCUT2D eigenvalue weighted by atomic mass is 15.1. The van der Waals surface area contributed by atoms with Crippen LogP contribution >= 0.6 is 0 Å². The Kier molecular flexibility index (Phi) is 6.58. The van der Waals surface area contributed by atoms with Gasteiger partial charge < -0.3 is 4.90 Å². The highest BCUT2D eigenvalue weighted by molar-refractivity contribution is 5.98. The van der Waals surface area contributed by atoms with Crippen molar-refractivity contribution in [2.24, 2.45) is 0 Å². The standard InChI is InChI=1S/C48H39N/c1-47(2)41-21-11-8-17-36(41)40-31-33(27-30-43(40)47)32-25-28-35(29-26-32)49(34-15-6-5-7-16-34)45-24-13-10-18-37(45)38-20-14-23-44-46(38)39-19-9-12-22-42(39)48(44,3)4/h5-31H,1-4H3. The van der Waals surface area contributed by atoms with Gasteiger partial charge in [0.1, 0.15) is 0 Å². The normalized spacial score (nSPS) is 14.4. The zero-order valence-corrected chi connectivity index (χ0v) is 28.5. The minimum absolute atomic E-state index is 0.00853. The first-order chi connectivity index (χ1) is 23.8. The molecule has 0 saturated carbocycles. The lowest BCUT2D eigenvalue weighted by atomic mass is 9.82. The molecule has 236 valence electrons. The summed E-state index contributed by atoms with van der Waals surface area (Å²) >= 11 is 0. The van der Waals surface area contributed by atoms with Crippen LogP contribution < -0.4 is 4.90 Å². The molecule has 0 aromatic heterocycles. The van der Waals surface area contributed by atoms with Gasteiger partial charge in [-0.1, -0.05) is 155 Å². The molecule has 0 aliphatic heterocycles. The molecule has 2 aliphatic carbocycles. The van der Waals surface area contributed by atoms with Gasteiger partial charge in [0.25, 0.3) is 0 Å². The van der Waals surface area contributed by atoms with E-state index in [0.717, 1.165) is 17.1 Å². The fraction of sp³-hybridized carbons (Fsp3) is 0.125. The monoisotopic (exact) mass is 629 g/mol. The lowest BCUT2D eigenvalue weighted by Crippen LogP contribution is -2.14. The van der Waals surface area contributed by atoms with Crippen LogP contribution in [0.5, 0.6) is 0 Å². The number of anilines is 3. The molecule has 49 heavy (non-hydrogen) atoms. The maximum atomic E-state index is 2.41. The Bertz CT molecular complexity index is 2380. The van der Waals surface area contributed by atoms with E-state index in [1.54, 1.807) is 0 Å². The van der Waals surface area contributed by atoms with Crippen LogP contribution in [-0.4, -0.2) is 0 Å². The Morgan fingerprint density at radius 1 is 0.347 bits per heavy atom. The molecule has 0 unspecified atom stereocenters. The zero-order chi connectivity index (χ0) is 33.3. The van der Waals surface area contributed by atoms with Crippen molar-refractivity contribution in [1.29, 1.82) is 0 Å². The van der Waals surface area contributed by atoms with Gasteiger partial charge in [0.15, 0.2) is 0 Å². The summed E-state index contributed by atoms with van der Waals surface area (Å²) < 4.78 is 0. The largest absolute Gasteiger partial charge is 0.310 e. The van der Waals surface area contributed by atoms with Crippen molar-refractivity contribution in [2.75, 3.05) is 4.90 Å². The fourth-order valence-corrected chi connectivity index (χ4v) is 8.58. The molecule has 0 atom stereocenters. The van der Waals surface area contributed by atoms with Crippen molar-refractivity contribution < 1.29 is 0 Å².